The minimum Gasteiger partial charge on any atom is -0.380 e. The first-order valence-corrected chi connectivity index (χ1v) is 7.50. The average Bonchev–Trinajstić information content (AvgIpc) is 3.04. The third kappa shape index (κ3) is 3.21. The molecule has 0 saturated heterocycles. The van der Waals surface area contributed by atoms with E-state index in [0.29, 0.717) is 18.2 Å². The van der Waals surface area contributed by atoms with Gasteiger partial charge in [0.25, 0.3) is 5.56 Å². The van der Waals surface area contributed by atoms with Crippen molar-refractivity contribution >= 4 is 23.0 Å². The van der Waals surface area contributed by atoms with Crippen LogP contribution in [0.4, 0.5) is 11.6 Å². The molecule has 3 rings (SSSR count). The summed E-state index contributed by atoms with van der Waals surface area (Å²) in [5, 5.41) is 12.9. The number of methoxy groups -OCH3 is 1. The van der Waals surface area contributed by atoms with Gasteiger partial charge in [-0.3, -0.25) is 9.78 Å². The van der Waals surface area contributed by atoms with Crippen molar-refractivity contribution in [2.45, 2.75) is 6.61 Å². The van der Waals surface area contributed by atoms with E-state index in [-0.39, 0.29) is 5.56 Å². The third-order valence-corrected chi connectivity index (χ3v) is 3.86. The zero-order chi connectivity index (χ0) is 15.4. The Morgan fingerprint density at radius 2 is 2.05 bits per heavy atom. The predicted molar refractivity (Wildman–Crippen MR) is 86.4 cm³/mol. The molecule has 0 atom stereocenters. The van der Waals surface area contributed by atoms with Gasteiger partial charge in [-0.1, -0.05) is 18.2 Å². The highest BCUT2D eigenvalue weighted by atomic mass is 32.1. The lowest BCUT2D eigenvalue weighted by atomic mass is 10.2. The molecule has 0 aliphatic rings. The lowest BCUT2D eigenvalue weighted by Gasteiger charge is -2.06. The summed E-state index contributed by atoms with van der Waals surface area (Å²) in [6, 6.07) is 11.4. The normalized spacial score (nSPS) is 10.6. The van der Waals surface area contributed by atoms with Gasteiger partial charge in [0.2, 0.25) is 5.95 Å². The SMILES string of the molecule is COCc1ccc(Nc2nnc(-c3cccs3)c(=O)[nH]2)cc1. The number of thiophene rings is 1. The van der Waals surface area contributed by atoms with Crippen LogP contribution in [0.15, 0.2) is 46.6 Å². The Kier molecular flexibility index (Phi) is 4.27. The molecule has 0 fully saturated rings. The maximum atomic E-state index is 12.1. The molecule has 6 nitrogen and oxygen atoms in total. The van der Waals surface area contributed by atoms with E-state index < -0.39 is 0 Å². The number of benzene rings is 1. The number of ether oxygens (including phenoxy) is 1. The van der Waals surface area contributed by atoms with E-state index in [1.165, 1.54) is 11.3 Å². The topological polar surface area (TPSA) is 79.9 Å². The number of aromatic nitrogens is 3. The molecular weight excluding hydrogens is 300 g/mol. The lowest BCUT2D eigenvalue weighted by Crippen LogP contribution is -2.15. The van der Waals surface area contributed by atoms with Crippen LogP contribution in [0.5, 0.6) is 0 Å². The van der Waals surface area contributed by atoms with Gasteiger partial charge in [0.05, 0.1) is 11.5 Å². The fourth-order valence-electron chi connectivity index (χ4n) is 1.96. The Balaban J connectivity index is 1.78. The number of rotatable bonds is 5. The second-order valence-corrected chi connectivity index (χ2v) is 5.53. The molecule has 0 aliphatic carbocycles. The maximum Gasteiger partial charge on any atom is 0.280 e. The molecule has 0 spiro atoms. The van der Waals surface area contributed by atoms with Crippen molar-refractivity contribution in [2.24, 2.45) is 0 Å². The van der Waals surface area contributed by atoms with E-state index >= 15 is 0 Å². The zero-order valence-electron chi connectivity index (χ0n) is 11.9. The molecule has 0 radical (unpaired) electrons. The summed E-state index contributed by atoms with van der Waals surface area (Å²) in [5.74, 6) is 0.310. The van der Waals surface area contributed by atoms with Crippen molar-refractivity contribution in [1.82, 2.24) is 15.2 Å². The second kappa shape index (κ2) is 6.50. The number of nitrogens with one attached hydrogen (secondary N) is 2. The number of hydrogen-bond acceptors (Lipinski definition) is 6. The molecular formula is C15H14N4O2S. The molecule has 0 bridgehead atoms. The van der Waals surface area contributed by atoms with Crippen LogP contribution in [0.25, 0.3) is 10.6 Å². The van der Waals surface area contributed by atoms with E-state index in [1.54, 1.807) is 7.11 Å². The summed E-state index contributed by atoms with van der Waals surface area (Å²) < 4.78 is 5.06. The monoisotopic (exact) mass is 314 g/mol. The maximum absolute atomic E-state index is 12.1. The van der Waals surface area contributed by atoms with E-state index in [9.17, 15) is 4.79 Å². The Hall–Kier alpha value is -2.51. The molecule has 112 valence electrons. The molecule has 2 N–H and O–H groups in total. The van der Waals surface area contributed by atoms with Crippen molar-refractivity contribution in [3.05, 3.63) is 57.7 Å². The van der Waals surface area contributed by atoms with E-state index in [1.807, 2.05) is 41.8 Å². The largest absolute Gasteiger partial charge is 0.380 e. The van der Waals surface area contributed by atoms with Crippen LogP contribution < -0.4 is 10.9 Å². The van der Waals surface area contributed by atoms with Crippen molar-refractivity contribution < 1.29 is 4.74 Å². The Labute approximate surface area is 130 Å². The molecule has 0 aliphatic heterocycles. The van der Waals surface area contributed by atoms with Gasteiger partial charge in [-0.15, -0.1) is 21.5 Å². The summed E-state index contributed by atoms with van der Waals surface area (Å²) in [6.07, 6.45) is 0. The first-order chi connectivity index (χ1) is 10.8. The quantitative estimate of drug-likeness (QED) is 0.757. The highest BCUT2D eigenvalue weighted by molar-refractivity contribution is 7.13. The molecule has 22 heavy (non-hydrogen) atoms. The first kappa shape index (κ1) is 14.4. The van der Waals surface area contributed by atoms with Gasteiger partial charge in [0.1, 0.15) is 0 Å². The molecule has 7 heteroatoms. The van der Waals surface area contributed by atoms with Gasteiger partial charge in [0.15, 0.2) is 5.69 Å². The van der Waals surface area contributed by atoms with Gasteiger partial charge in [-0.25, -0.2) is 0 Å². The summed E-state index contributed by atoms with van der Waals surface area (Å²) in [7, 11) is 1.65. The summed E-state index contributed by atoms with van der Waals surface area (Å²) in [5.41, 5.74) is 1.95. The number of anilines is 2. The number of aromatic amines is 1. The van der Waals surface area contributed by atoms with Crippen LogP contribution >= 0.6 is 11.3 Å². The standard InChI is InChI=1S/C15H14N4O2S/c1-21-9-10-4-6-11(7-5-10)16-15-17-14(20)13(18-19-15)12-3-2-8-22-12/h2-8H,9H2,1H3,(H2,16,17,19,20). The minimum absolute atomic E-state index is 0.268. The fraction of sp³-hybridized carbons (Fsp3) is 0.133. The van der Waals surface area contributed by atoms with Crippen molar-refractivity contribution in [3.63, 3.8) is 0 Å². The molecule has 2 aromatic heterocycles. The van der Waals surface area contributed by atoms with Crippen LogP contribution in [-0.4, -0.2) is 22.3 Å². The molecule has 3 aromatic rings. The van der Waals surface area contributed by atoms with Crippen LogP contribution in [0.2, 0.25) is 0 Å². The second-order valence-electron chi connectivity index (χ2n) is 4.58. The van der Waals surface area contributed by atoms with Crippen LogP contribution in [-0.2, 0) is 11.3 Å². The summed E-state index contributed by atoms with van der Waals surface area (Å²) in [6.45, 7) is 0.562. The highest BCUT2D eigenvalue weighted by Gasteiger charge is 2.08. The Bertz CT molecular complexity index is 797. The van der Waals surface area contributed by atoms with Crippen molar-refractivity contribution in [3.8, 4) is 10.6 Å². The highest BCUT2D eigenvalue weighted by Crippen LogP contribution is 2.19. The molecule has 2 heterocycles. The third-order valence-electron chi connectivity index (χ3n) is 2.98. The zero-order valence-corrected chi connectivity index (χ0v) is 12.7. The average molecular weight is 314 g/mol. The molecule has 0 amide bonds. The van der Waals surface area contributed by atoms with Crippen LogP contribution in [0.3, 0.4) is 0 Å². The van der Waals surface area contributed by atoms with Crippen LogP contribution in [0.1, 0.15) is 5.56 Å². The van der Waals surface area contributed by atoms with Gasteiger partial charge >= 0.3 is 0 Å². The van der Waals surface area contributed by atoms with Gasteiger partial charge < -0.3 is 10.1 Å². The fourth-order valence-corrected chi connectivity index (χ4v) is 2.66. The van der Waals surface area contributed by atoms with Gasteiger partial charge in [-0.2, -0.15) is 0 Å². The molecule has 0 unspecified atom stereocenters. The lowest BCUT2D eigenvalue weighted by molar-refractivity contribution is 0.185. The number of nitrogens with zero attached hydrogens (tertiary/aromatic N) is 2. The number of H-pyrrole nitrogens is 1. The summed E-state index contributed by atoms with van der Waals surface area (Å²) >= 11 is 1.45. The van der Waals surface area contributed by atoms with Crippen LogP contribution in [0, 0.1) is 0 Å². The smallest absolute Gasteiger partial charge is 0.280 e. The van der Waals surface area contributed by atoms with Gasteiger partial charge in [-0.05, 0) is 29.1 Å². The number of hydrogen-bond donors (Lipinski definition) is 2. The van der Waals surface area contributed by atoms with E-state index in [4.69, 9.17) is 4.74 Å². The Morgan fingerprint density at radius 3 is 2.68 bits per heavy atom. The minimum atomic E-state index is -0.268. The van der Waals surface area contributed by atoms with Crippen molar-refractivity contribution in [2.75, 3.05) is 12.4 Å². The Morgan fingerprint density at radius 1 is 1.23 bits per heavy atom. The summed E-state index contributed by atoms with van der Waals surface area (Å²) in [4.78, 5) is 15.5. The molecule has 0 saturated carbocycles. The predicted octanol–water partition coefficient (Wildman–Crippen LogP) is 2.78. The van der Waals surface area contributed by atoms with Gasteiger partial charge in [0, 0.05) is 12.8 Å². The van der Waals surface area contributed by atoms with Crippen molar-refractivity contribution in [1.29, 1.82) is 0 Å². The van der Waals surface area contributed by atoms with E-state index in [0.717, 1.165) is 16.1 Å². The molecule has 1 aromatic carbocycles. The first-order valence-electron chi connectivity index (χ1n) is 6.62. The van der Waals surface area contributed by atoms with E-state index in [2.05, 4.69) is 20.5 Å².